The van der Waals surface area contributed by atoms with Crippen molar-refractivity contribution in [3.05, 3.63) is 66.4 Å². The minimum Gasteiger partial charge on any atom is -0.496 e. The van der Waals surface area contributed by atoms with Crippen LogP contribution in [0.2, 0.25) is 0 Å². The van der Waals surface area contributed by atoms with E-state index in [4.69, 9.17) is 4.74 Å². The third kappa shape index (κ3) is 3.06. The molecule has 1 amide bonds. The van der Waals surface area contributed by atoms with Gasteiger partial charge in [-0.05, 0) is 18.6 Å². The number of carbonyl (C=O) groups is 1. The van der Waals surface area contributed by atoms with Gasteiger partial charge in [-0.1, -0.05) is 47.7 Å². The lowest BCUT2D eigenvalue weighted by Crippen LogP contribution is -2.29. The molecular formula is C20H20N4O2. The van der Waals surface area contributed by atoms with E-state index in [1.165, 1.54) is 0 Å². The molecule has 2 aromatic carbocycles. The van der Waals surface area contributed by atoms with E-state index in [-0.39, 0.29) is 11.9 Å². The number of hydrogen-bond acceptors (Lipinski definition) is 4. The summed E-state index contributed by atoms with van der Waals surface area (Å²) in [6.07, 6.45) is 2.82. The van der Waals surface area contributed by atoms with Crippen LogP contribution in [-0.4, -0.2) is 46.0 Å². The standard InChI is InChI=1S/C20H20N4O2/c1-26-19-10-6-5-9-17(19)20(25)23-12-11-16(13-23)24-14-18(21-22-24)15-7-3-2-4-8-15/h2-10,14,16H,11-13H2,1H3/t16-/m1/s1. The Morgan fingerprint density at radius 1 is 1.12 bits per heavy atom. The van der Waals surface area contributed by atoms with Gasteiger partial charge in [0.2, 0.25) is 0 Å². The Hall–Kier alpha value is -3.15. The molecule has 1 saturated heterocycles. The van der Waals surface area contributed by atoms with Crippen LogP contribution in [0.15, 0.2) is 60.8 Å². The van der Waals surface area contributed by atoms with Gasteiger partial charge >= 0.3 is 0 Å². The number of nitrogens with zero attached hydrogens (tertiary/aromatic N) is 4. The third-order valence-electron chi connectivity index (χ3n) is 4.74. The Morgan fingerprint density at radius 2 is 1.88 bits per heavy atom. The second-order valence-corrected chi connectivity index (χ2v) is 6.34. The zero-order valence-electron chi connectivity index (χ0n) is 14.6. The highest BCUT2D eigenvalue weighted by Crippen LogP contribution is 2.27. The van der Waals surface area contributed by atoms with E-state index in [1.54, 1.807) is 13.2 Å². The van der Waals surface area contributed by atoms with E-state index in [9.17, 15) is 4.79 Å². The van der Waals surface area contributed by atoms with Crippen LogP contribution in [0.25, 0.3) is 11.3 Å². The molecule has 3 aromatic rings. The minimum atomic E-state index is -0.00616. The molecule has 0 radical (unpaired) electrons. The normalized spacial score (nSPS) is 16.7. The summed E-state index contributed by atoms with van der Waals surface area (Å²) in [6, 6.07) is 17.4. The van der Waals surface area contributed by atoms with Gasteiger partial charge in [0.1, 0.15) is 11.4 Å². The van der Waals surface area contributed by atoms with Crippen molar-refractivity contribution >= 4 is 5.91 Å². The summed E-state index contributed by atoms with van der Waals surface area (Å²) in [6.45, 7) is 1.32. The number of benzene rings is 2. The Morgan fingerprint density at radius 3 is 2.69 bits per heavy atom. The fourth-order valence-electron chi connectivity index (χ4n) is 3.33. The molecule has 132 valence electrons. The number of aromatic nitrogens is 3. The van der Waals surface area contributed by atoms with Crippen LogP contribution in [0.3, 0.4) is 0 Å². The molecule has 0 spiro atoms. The number of likely N-dealkylation sites (tertiary alicyclic amines) is 1. The summed E-state index contributed by atoms with van der Waals surface area (Å²) in [5.41, 5.74) is 2.48. The molecule has 1 atom stereocenters. The summed E-state index contributed by atoms with van der Waals surface area (Å²) < 4.78 is 7.19. The quantitative estimate of drug-likeness (QED) is 0.727. The molecule has 0 aliphatic carbocycles. The molecule has 1 aliphatic rings. The van der Waals surface area contributed by atoms with Crippen molar-refractivity contribution in [2.24, 2.45) is 0 Å². The highest BCUT2D eigenvalue weighted by Gasteiger charge is 2.30. The van der Waals surface area contributed by atoms with Gasteiger partial charge in [0.05, 0.1) is 24.9 Å². The van der Waals surface area contributed by atoms with Crippen LogP contribution < -0.4 is 4.74 Å². The van der Waals surface area contributed by atoms with Gasteiger partial charge in [0.15, 0.2) is 0 Å². The van der Waals surface area contributed by atoms with Gasteiger partial charge in [0, 0.05) is 18.7 Å². The van der Waals surface area contributed by atoms with Crippen LogP contribution in [-0.2, 0) is 0 Å². The van der Waals surface area contributed by atoms with Crippen molar-refractivity contribution in [2.75, 3.05) is 20.2 Å². The van der Waals surface area contributed by atoms with E-state index in [1.807, 2.05) is 64.3 Å². The first-order valence-corrected chi connectivity index (χ1v) is 8.66. The summed E-state index contributed by atoms with van der Waals surface area (Å²) in [5.74, 6) is 0.599. The lowest BCUT2D eigenvalue weighted by atomic mass is 10.2. The van der Waals surface area contributed by atoms with Crippen molar-refractivity contribution in [2.45, 2.75) is 12.5 Å². The molecule has 26 heavy (non-hydrogen) atoms. The Bertz CT molecular complexity index is 907. The predicted octanol–water partition coefficient (Wildman–Crippen LogP) is 3.04. The minimum absolute atomic E-state index is 0.00616. The summed E-state index contributed by atoms with van der Waals surface area (Å²) in [4.78, 5) is 14.7. The van der Waals surface area contributed by atoms with Gasteiger partial charge in [-0.3, -0.25) is 4.79 Å². The van der Waals surface area contributed by atoms with Crippen LogP contribution in [0.5, 0.6) is 5.75 Å². The fourth-order valence-corrected chi connectivity index (χ4v) is 3.33. The Labute approximate surface area is 152 Å². The molecule has 0 N–H and O–H groups in total. The van der Waals surface area contributed by atoms with Gasteiger partial charge in [-0.25, -0.2) is 4.68 Å². The van der Waals surface area contributed by atoms with Crippen molar-refractivity contribution in [1.82, 2.24) is 19.9 Å². The van der Waals surface area contributed by atoms with Gasteiger partial charge in [0.25, 0.3) is 5.91 Å². The predicted molar refractivity (Wildman–Crippen MR) is 98.0 cm³/mol. The van der Waals surface area contributed by atoms with E-state index >= 15 is 0 Å². The average molecular weight is 348 g/mol. The monoisotopic (exact) mass is 348 g/mol. The first-order valence-electron chi connectivity index (χ1n) is 8.66. The molecule has 0 unspecified atom stereocenters. The second-order valence-electron chi connectivity index (χ2n) is 6.34. The highest BCUT2D eigenvalue weighted by molar-refractivity contribution is 5.97. The van der Waals surface area contributed by atoms with Crippen LogP contribution >= 0.6 is 0 Å². The highest BCUT2D eigenvalue weighted by atomic mass is 16.5. The molecule has 0 bridgehead atoms. The molecule has 1 aromatic heterocycles. The largest absolute Gasteiger partial charge is 0.496 e. The van der Waals surface area contributed by atoms with Crippen LogP contribution in [0, 0.1) is 0 Å². The number of para-hydroxylation sites is 1. The SMILES string of the molecule is COc1ccccc1C(=O)N1CC[C@@H](n2cc(-c3ccccc3)nn2)C1. The topological polar surface area (TPSA) is 60.2 Å². The average Bonchev–Trinajstić information content (AvgIpc) is 3.37. The molecule has 1 fully saturated rings. The first kappa shape index (κ1) is 16.3. The lowest BCUT2D eigenvalue weighted by Gasteiger charge is -2.18. The number of rotatable bonds is 4. The zero-order valence-corrected chi connectivity index (χ0v) is 14.6. The third-order valence-corrected chi connectivity index (χ3v) is 4.74. The number of ether oxygens (including phenoxy) is 1. The first-order chi connectivity index (χ1) is 12.8. The van der Waals surface area contributed by atoms with Gasteiger partial charge < -0.3 is 9.64 Å². The molecule has 0 saturated carbocycles. The number of amides is 1. The van der Waals surface area contributed by atoms with E-state index in [2.05, 4.69) is 10.3 Å². The van der Waals surface area contributed by atoms with Crippen LogP contribution in [0.1, 0.15) is 22.8 Å². The number of methoxy groups -OCH3 is 1. The molecular weight excluding hydrogens is 328 g/mol. The zero-order chi connectivity index (χ0) is 17.9. The van der Waals surface area contributed by atoms with Gasteiger partial charge in [-0.15, -0.1) is 5.10 Å². The lowest BCUT2D eigenvalue weighted by molar-refractivity contribution is 0.0783. The van der Waals surface area contributed by atoms with Crippen molar-refractivity contribution in [3.63, 3.8) is 0 Å². The molecule has 2 heterocycles. The maximum Gasteiger partial charge on any atom is 0.257 e. The van der Waals surface area contributed by atoms with E-state index < -0.39 is 0 Å². The van der Waals surface area contributed by atoms with Gasteiger partial charge in [-0.2, -0.15) is 0 Å². The maximum absolute atomic E-state index is 12.8. The summed E-state index contributed by atoms with van der Waals surface area (Å²) in [5, 5.41) is 8.55. The maximum atomic E-state index is 12.8. The second kappa shape index (κ2) is 7.00. The molecule has 4 rings (SSSR count). The van der Waals surface area contributed by atoms with Crippen LogP contribution in [0.4, 0.5) is 0 Å². The van der Waals surface area contributed by atoms with Crippen molar-refractivity contribution in [3.8, 4) is 17.0 Å². The fraction of sp³-hybridized carbons (Fsp3) is 0.250. The number of hydrogen-bond donors (Lipinski definition) is 0. The summed E-state index contributed by atoms with van der Waals surface area (Å²) in [7, 11) is 1.58. The van der Waals surface area contributed by atoms with E-state index in [0.29, 0.717) is 24.4 Å². The number of carbonyl (C=O) groups excluding carboxylic acids is 1. The van der Waals surface area contributed by atoms with Crippen molar-refractivity contribution in [1.29, 1.82) is 0 Å². The molecule has 1 aliphatic heterocycles. The van der Waals surface area contributed by atoms with E-state index in [0.717, 1.165) is 17.7 Å². The Balaban J connectivity index is 1.49. The smallest absolute Gasteiger partial charge is 0.257 e. The molecule has 6 nitrogen and oxygen atoms in total. The Kier molecular flexibility index (Phi) is 4.39. The molecule has 6 heteroatoms. The summed E-state index contributed by atoms with van der Waals surface area (Å²) >= 11 is 0. The van der Waals surface area contributed by atoms with Crippen molar-refractivity contribution < 1.29 is 9.53 Å².